The first kappa shape index (κ1) is 12.5. The number of anilines is 1. The van der Waals surface area contributed by atoms with Crippen LogP contribution in [0.1, 0.15) is 19.4 Å². The molecule has 0 atom stereocenters. The predicted octanol–water partition coefficient (Wildman–Crippen LogP) is 3.01. The van der Waals surface area contributed by atoms with Gasteiger partial charge in [-0.2, -0.15) is 0 Å². The molecule has 0 spiro atoms. The summed E-state index contributed by atoms with van der Waals surface area (Å²) in [6, 6.07) is 7.00. The topological polar surface area (TPSA) is 15.3 Å². The van der Waals surface area contributed by atoms with Crippen LogP contribution < -0.4 is 10.2 Å². The summed E-state index contributed by atoms with van der Waals surface area (Å²) in [5, 5.41) is 3.40. The number of nitrogens with zero attached hydrogens (tertiary/aromatic N) is 1. The zero-order valence-electron chi connectivity index (χ0n) is 9.84. The van der Waals surface area contributed by atoms with Gasteiger partial charge in [0.2, 0.25) is 0 Å². The summed E-state index contributed by atoms with van der Waals surface area (Å²) < 4.78 is 1.15. The Morgan fingerprint density at radius 1 is 1.33 bits per heavy atom. The van der Waals surface area contributed by atoms with E-state index in [4.69, 9.17) is 0 Å². The molecule has 0 amide bonds. The Kier molecular flexibility index (Phi) is 4.61. The number of halogens is 1. The monoisotopic (exact) mass is 270 g/mol. The fraction of sp³-hybridized carbons (Fsp3) is 0.500. The maximum atomic E-state index is 3.59. The first-order valence-electron chi connectivity index (χ1n) is 5.20. The van der Waals surface area contributed by atoms with Gasteiger partial charge in [0, 0.05) is 31.2 Å². The van der Waals surface area contributed by atoms with Crippen LogP contribution in [0.4, 0.5) is 5.69 Å². The normalized spacial score (nSPS) is 10.8. The van der Waals surface area contributed by atoms with Crippen molar-refractivity contribution < 1.29 is 0 Å². The van der Waals surface area contributed by atoms with Crippen molar-refractivity contribution in [3.05, 3.63) is 28.2 Å². The van der Waals surface area contributed by atoms with Crippen LogP contribution >= 0.6 is 15.9 Å². The second kappa shape index (κ2) is 5.52. The van der Waals surface area contributed by atoms with Crippen molar-refractivity contribution in [2.24, 2.45) is 0 Å². The van der Waals surface area contributed by atoms with E-state index in [2.05, 4.69) is 58.2 Å². The van der Waals surface area contributed by atoms with Gasteiger partial charge in [0.25, 0.3) is 0 Å². The van der Waals surface area contributed by atoms with Gasteiger partial charge in [-0.15, -0.1) is 0 Å². The molecule has 0 saturated heterocycles. The van der Waals surface area contributed by atoms with Crippen LogP contribution in [-0.2, 0) is 6.54 Å². The Morgan fingerprint density at radius 2 is 2.00 bits per heavy atom. The van der Waals surface area contributed by atoms with E-state index in [1.165, 1.54) is 11.3 Å². The highest BCUT2D eigenvalue weighted by atomic mass is 79.9. The fourth-order valence-corrected chi connectivity index (χ4v) is 2.13. The van der Waals surface area contributed by atoms with Crippen LogP contribution in [0.25, 0.3) is 0 Å². The van der Waals surface area contributed by atoms with Gasteiger partial charge in [-0.3, -0.25) is 0 Å². The fourth-order valence-electron chi connectivity index (χ4n) is 1.35. The summed E-state index contributed by atoms with van der Waals surface area (Å²) in [6.07, 6.45) is 0. The van der Waals surface area contributed by atoms with Crippen molar-refractivity contribution in [3.63, 3.8) is 0 Å². The van der Waals surface area contributed by atoms with Crippen molar-refractivity contribution >= 4 is 21.6 Å². The lowest BCUT2D eigenvalue weighted by atomic mass is 10.2. The largest absolute Gasteiger partial charge is 0.377 e. The Bertz CT molecular complexity index is 321. The molecule has 0 bridgehead atoms. The van der Waals surface area contributed by atoms with Crippen molar-refractivity contribution in [3.8, 4) is 0 Å². The molecular weight excluding hydrogens is 252 g/mol. The summed E-state index contributed by atoms with van der Waals surface area (Å²) in [5.74, 6) is 0. The van der Waals surface area contributed by atoms with Crippen molar-refractivity contribution in [2.75, 3.05) is 19.0 Å². The van der Waals surface area contributed by atoms with Crippen LogP contribution in [0.2, 0.25) is 0 Å². The second-order valence-electron chi connectivity index (χ2n) is 4.22. The lowest BCUT2D eigenvalue weighted by Crippen LogP contribution is -2.21. The molecule has 2 nitrogen and oxygen atoms in total. The van der Waals surface area contributed by atoms with Crippen LogP contribution in [-0.4, -0.2) is 20.1 Å². The van der Waals surface area contributed by atoms with Gasteiger partial charge in [0.05, 0.1) is 5.69 Å². The third-order valence-electron chi connectivity index (χ3n) is 2.21. The van der Waals surface area contributed by atoms with Gasteiger partial charge in [0.15, 0.2) is 0 Å². The SMILES string of the molecule is CC(C)NCc1ccc(N(C)C)c(Br)c1. The summed E-state index contributed by atoms with van der Waals surface area (Å²) in [7, 11) is 4.10. The van der Waals surface area contributed by atoms with E-state index in [9.17, 15) is 0 Å². The van der Waals surface area contributed by atoms with Gasteiger partial charge >= 0.3 is 0 Å². The molecule has 0 unspecified atom stereocenters. The highest BCUT2D eigenvalue weighted by molar-refractivity contribution is 9.10. The minimum Gasteiger partial charge on any atom is -0.377 e. The summed E-state index contributed by atoms with van der Waals surface area (Å²) in [6.45, 7) is 5.23. The lowest BCUT2D eigenvalue weighted by molar-refractivity contribution is 0.589. The van der Waals surface area contributed by atoms with Crippen molar-refractivity contribution in [2.45, 2.75) is 26.4 Å². The minimum atomic E-state index is 0.525. The van der Waals surface area contributed by atoms with Gasteiger partial charge in [-0.25, -0.2) is 0 Å². The minimum absolute atomic E-state index is 0.525. The van der Waals surface area contributed by atoms with E-state index in [1.54, 1.807) is 0 Å². The highest BCUT2D eigenvalue weighted by Crippen LogP contribution is 2.25. The molecule has 0 saturated carbocycles. The molecule has 15 heavy (non-hydrogen) atoms. The number of nitrogens with one attached hydrogen (secondary N) is 1. The Balaban J connectivity index is 2.73. The van der Waals surface area contributed by atoms with Crippen molar-refractivity contribution in [1.82, 2.24) is 5.32 Å². The van der Waals surface area contributed by atoms with Gasteiger partial charge < -0.3 is 10.2 Å². The maximum Gasteiger partial charge on any atom is 0.0505 e. The third kappa shape index (κ3) is 3.84. The lowest BCUT2D eigenvalue weighted by Gasteiger charge is -2.16. The standard InChI is InChI=1S/C12H19BrN2/c1-9(2)14-8-10-5-6-12(15(3)4)11(13)7-10/h5-7,9,14H,8H2,1-4H3. The summed E-state index contributed by atoms with van der Waals surface area (Å²) >= 11 is 3.59. The molecule has 0 fully saturated rings. The zero-order valence-corrected chi connectivity index (χ0v) is 11.4. The quantitative estimate of drug-likeness (QED) is 0.905. The van der Waals surface area contributed by atoms with Crippen LogP contribution in [0.15, 0.2) is 22.7 Å². The van der Waals surface area contributed by atoms with Crippen LogP contribution in [0, 0.1) is 0 Å². The molecule has 84 valence electrons. The summed E-state index contributed by atoms with van der Waals surface area (Å²) in [5.41, 5.74) is 2.52. The van der Waals surface area contributed by atoms with Crippen LogP contribution in [0.5, 0.6) is 0 Å². The third-order valence-corrected chi connectivity index (χ3v) is 2.84. The average molecular weight is 271 g/mol. The molecule has 0 aliphatic rings. The van der Waals surface area contributed by atoms with E-state index in [1.807, 2.05) is 14.1 Å². The molecule has 3 heteroatoms. The van der Waals surface area contributed by atoms with Gasteiger partial charge in [-0.1, -0.05) is 19.9 Å². The Hall–Kier alpha value is -0.540. The second-order valence-corrected chi connectivity index (χ2v) is 5.07. The van der Waals surface area contributed by atoms with E-state index >= 15 is 0 Å². The zero-order chi connectivity index (χ0) is 11.4. The van der Waals surface area contributed by atoms with Gasteiger partial charge in [-0.05, 0) is 33.6 Å². The number of hydrogen-bond donors (Lipinski definition) is 1. The molecule has 0 heterocycles. The molecule has 1 N–H and O–H groups in total. The van der Waals surface area contributed by atoms with Gasteiger partial charge in [0.1, 0.15) is 0 Å². The maximum absolute atomic E-state index is 3.59. The summed E-state index contributed by atoms with van der Waals surface area (Å²) in [4.78, 5) is 2.10. The first-order chi connectivity index (χ1) is 7.00. The molecule has 1 aromatic rings. The molecule has 0 aromatic heterocycles. The Labute approximate surface area is 101 Å². The number of hydrogen-bond acceptors (Lipinski definition) is 2. The van der Waals surface area contributed by atoms with E-state index < -0.39 is 0 Å². The number of benzene rings is 1. The Morgan fingerprint density at radius 3 is 2.47 bits per heavy atom. The smallest absolute Gasteiger partial charge is 0.0505 e. The van der Waals surface area contributed by atoms with E-state index in [-0.39, 0.29) is 0 Å². The molecule has 1 rings (SSSR count). The molecular formula is C12H19BrN2. The average Bonchev–Trinajstić information content (AvgIpc) is 2.14. The first-order valence-corrected chi connectivity index (χ1v) is 5.99. The van der Waals surface area contributed by atoms with Crippen molar-refractivity contribution in [1.29, 1.82) is 0 Å². The van der Waals surface area contributed by atoms with E-state index in [0.717, 1.165) is 11.0 Å². The molecule has 0 aliphatic heterocycles. The van der Waals surface area contributed by atoms with Crippen LogP contribution in [0.3, 0.4) is 0 Å². The molecule has 0 aliphatic carbocycles. The van der Waals surface area contributed by atoms with E-state index in [0.29, 0.717) is 6.04 Å². The molecule has 0 radical (unpaired) electrons. The molecule has 1 aromatic carbocycles. The highest BCUT2D eigenvalue weighted by Gasteiger charge is 2.03. The number of rotatable bonds is 4. The predicted molar refractivity (Wildman–Crippen MR) is 70.4 cm³/mol.